The van der Waals surface area contributed by atoms with Gasteiger partial charge in [-0.3, -0.25) is 0 Å². The van der Waals surface area contributed by atoms with E-state index in [0.717, 1.165) is 0 Å². The number of rotatable bonds is 2. The third-order valence-electron chi connectivity index (χ3n) is 2.16. The van der Waals surface area contributed by atoms with Crippen LogP contribution in [0.5, 0.6) is 0 Å². The van der Waals surface area contributed by atoms with Crippen molar-refractivity contribution in [3.63, 3.8) is 0 Å². The molecule has 1 rings (SSSR count). The standard InChI is InChI=1S/C9H11Br.C5H12N2O.3CH4.Y/c1-7(2)8-4-3-5-9(10)6-8;1-4(2)7-5(8)6-3;;;;/h3-7H,1-2H3;4H,1-3H3,(H2,6,7,8);3*1H4;. The second kappa shape index (κ2) is 19.1. The summed E-state index contributed by atoms with van der Waals surface area (Å²) < 4.78 is 1.17. The molecule has 0 unspecified atom stereocenters. The Morgan fingerprint density at radius 2 is 1.59 bits per heavy atom. The average molecular weight is 452 g/mol. The molecule has 0 aliphatic heterocycles. The van der Waals surface area contributed by atoms with Gasteiger partial charge in [0.05, 0.1) is 0 Å². The largest absolute Gasteiger partial charge is 0.341 e. The number of carbonyl (C=O) groups is 1. The van der Waals surface area contributed by atoms with Crippen LogP contribution >= 0.6 is 15.9 Å². The van der Waals surface area contributed by atoms with E-state index in [9.17, 15) is 4.79 Å². The third-order valence-corrected chi connectivity index (χ3v) is 2.66. The van der Waals surface area contributed by atoms with Crippen LogP contribution in [0.1, 0.15) is 61.5 Å². The number of hydrogen-bond donors (Lipinski definition) is 2. The first kappa shape index (κ1) is 33.6. The molecule has 5 heteroatoms. The van der Waals surface area contributed by atoms with Crippen LogP contribution in [0.25, 0.3) is 0 Å². The second-order valence-corrected chi connectivity index (χ2v) is 5.50. The summed E-state index contributed by atoms with van der Waals surface area (Å²) in [6.45, 7) is 8.22. The van der Waals surface area contributed by atoms with Crippen molar-refractivity contribution < 1.29 is 37.5 Å². The fraction of sp³-hybridized carbons (Fsp3) is 0.588. The maximum Gasteiger partial charge on any atom is 0.314 e. The Bertz CT molecular complexity index is 371. The van der Waals surface area contributed by atoms with E-state index in [-0.39, 0.29) is 67.1 Å². The summed E-state index contributed by atoms with van der Waals surface area (Å²) in [5.74, 6) is 0.623. The van der Waals surface area contributed by atoms with Crippen molar-refractivity contribution in [1.29, 1.82) is 0 Å². The van der Waals surface area contributed by atoms with Crippen molar-refractivity contribution in [3.8, 4) is 0 Å². The first-order valence-corrected chi connectivity index (χ1v) is 6.89. The summed E-state index contributed by atoms with van der Waals surface area (Å²) in [5, 5.41) is 5.09. The van der Waals surface area contributed by atoms with Gasteiger partial charge < -0.3 is 10.6 Å². The van der Waals surface area contributed by atoms with Crippen LogP contribution in [0.3, 0.4) is 0 Å². The zero-order chi connectivity index (χ0) is 14.1. The summed E-state index contributed by atoms with van der Waals surface area (Å²) >= 11 is 3.43. The molecule has 0 fully saturated rings. The van der Waals surface area contributed by atoms with Crippen LogP contribution in [-0.2, 0) is 32.7 Å². The molecule has 0 heterocycles. The van der Waals surface area contributed by atoms with Gasteiger partial charge >= 0.3 is 6.03 Å². The maximum absolute atomic E-state index is 10.4. The normalized spacial score (nSPS) is 8.00. The van der Waals surface area contributed by atoms with Crippen molar-refractivity contribution in [2.45, 2.75) is 61.9 Å². The SMILES string of the molecule is C.C.C.CC(C)c1cccc(Br)c1.CNC(=O)NC(C)C.[Y]. The number of carbonyl (C=O) groups excluding carboxylic acids is 1. The molecule has 0 aromatic heterocycles. The van der Waals surface area contributed by atoms with Gasteiger partial charge in [-0.15, -0.1) is 0 Å². The summed E-state index contributed by atoms with van der Waals surface area (Å²) in [6, 6.07) is 8.51. The summed E-state index contributed by atoms with van der Waals surface area (Å²) in [5.41, 5.74) is 1.38. The first-order valence-electron chi connectivity index (χ1n) is 6.10. The Labute approximate surface area is 172 Å². The molecule has 1 aromatic carbocycles. The molecule has 0 saturated heterocycles. The molecule has 1 aromatic rings. The number of urea groups is 1. The van der Waals surface area contributed by atoms with Crippen molar-refractivity contribution in [2.75, 3.05) is 7.05 Å². The van der Waals surface area contributed by atoms with Crippen LogP contribution in [-0.4, -0.2) is 19.1 Å². The molecule has 1 radical (unpaired) electrons. The zero-order valence-electron chi connectivity index (χ0n) is 12.3. The Morgan fingerprint density at radius 1 is 1.09 bits per heavy atom. The average Bonchev–Trinajstić information content (AvgIpc) is 2.28. The Morgan fingerprint density at radius 3 is 1.82 bits per heavy atom. The van der Waals surface area contributed by atoms with Crippen LogP contribution in [0.4, 0.5) is 4.79 Å². The fourth-order valence-electron chi connectivity index (χ4n) is 1.20. The van der Waals surface area contributed by atoms with Gasteiger partial charge in [0.15, 0.2) is 0 Å². The molecule has 0 atom stereocenters. The minimum absolute atomic E-state index is 0. The van der Waals surface area contributed by atoms with Crippen molar-refractivity contribution in [3.05, 3.63) is 34.3 Å². The molecule has 0 aliphatic carbocycles. The van der Waals surface area contributed by atoms with Crippen LogP contribution in [0.15, 0.2) is 28.7 Å². The molecule has 2 amide bonds. The molecule has 0 bridgehead atoms. The molecular weight excluding hydrogens is 417 g/mol. The van der Waals surface area contributed by atoms with Gasteiger partial charge in [0.1, 0.15) is 0 Å². The van der Waals surface area contributed by atoms with E-state index in [0.29, 0.717) is 5.92 Å². The summed E-state index contributed by atoms with van der Waals surface area (Å²) in [7, 11) is 1.59. The van der Waals surface area contributed by atoms with Gasteiger partial charge in [0, 0.05) is 50.3 Å². The molecule has 0 spiro atoms. The Kier molecular flexibility index (Phi) is 29.2. The van der Waals surface area contributed by atoms with Gasteiger partial charge in [-0.1, -0.05) is 64.2 Å². The van der Waals surface area contributed by atoms with Crippen LogP contribution < -0.4 is 10.6 Å². The van der Waals surface area contributed by atoms with Crippen molar-refractivity contribution in [2.24, 2.45) is 0 Å². The van der Waals surface area contributed by atoms with E-state index in [1.54, 1.807) is 7.05 Å². The smallest absolute Gasteiger partial charge is 0.314 e. The second-order valence-electron chi connectivity index (χ2n) is 4.59. The predicted molar refractivity (Wildman–Crippen MR) is 101 cm³/mol. The van der Waals surface area contributed by atoms with Crippen LogP contribution in [0.2, 0.25) is 0 Å². The van der Waals surface area contributed by atoms with E-state index in [1.807, 2.05) is 19.9 Å². The Balaban J connectivity index is -0.0000000756. The number of nitrogens with one attached hydrogen (secondary N) is 2. The first-order chi connectivity index (χ1) is 8.36. The van der Waals surface area contributed by atoms with Gasteiger partial charge in [-0.05, 0) is 37.5 Å². The molecule has 0 aliphatic rings. The van der Waals surface area contributed by atoms with Gasteiger partial charge in [0.2, 0.25) is 0 Å². The molecular formula is C17H35BrN2OY. The fourth-order valence-corrected chi connectivity index (χ4v) is 1.62. The van der Waals surface area contributed by atoms with E-state index in [4.69, 9.17) is 0 Å². The van der Waals surface area contributed by atoms with E-state index >= 15 is 0 Å². The molecule has 2 N–H and O–H groups in total. The quantitative estimate of drug-likeness (QED) is 0.585. The van der Waals surface area contributed by atoms with Gasteiger partial charge in [0.25, 0.3) is 0 Å². The zero-order valence-corrected chi connectivity index (χ0v) is 16.8. The van der Waals surface area contributed by atoms with E-state index < -0.39 is 0 Å². The topological polar surface area (TPSA) is 41.1 Å². The molecule has 0 saturated carbocycles. The minimum atomic E-state index is -0.125. The molecule has 22 heavy (non-hydrogen) atoms. The maximum atomic E-state index is 10.4. The molecule has 3 nitrogen and oxygen atoms in total. The molecule has 129 valence electrons. The minimum Gasteiger partial charge on any atom is -0.341 e. The summed E-state index contributed by atoms with van der Waals surface area (Å²) in [6.07, 6.45) is 0. The van der Waals surface area contributed by atoms with Crippen molar-refractivity contribution in [1.82, 2.24) is 10.6 Å². The Hall–Kier alpha value is 0.0739. The summed E-state index contributed by atoms with van der Waals surface area (Å²) in [4.78, 5) is 10.4. The third kappa shape index (κ3) is 18.1. The van der Waals surface area contributed by atoms with Gasteiger partial charge in [-0.2, -0.15) is 0 Å². The van der Waals surface area contributed by atoms with E-state index in [2.05, 4.69) is 58.6 Å². The van der Waals surface area contributed by atoms with Gasteiger partial charge in [-0.25, -0.2) is 4.79 Å². The number of amides is 2. The van der Waals surface area contributed by atoms with Crippen LogP contribution in [0, 0.1) is 0 Å². The number of halogens is 1. The van der Waals surface area contributed by atoms with Crippen molar-refractivity contribution >= 4 is 22.0 Å². The monoisotopic (exact) mass is 451 g/mol. The van der Waals surface area contributed by atoms with E-state index in [1.165, 1.54) is 10.0 Å². The number of hydrogen-bond acceptors (Lipinski definition) is 1. The predicted octanol–water partition coefficient (Wildman–Crippen LogP) is 5.80. The number of benzene rings is 1.